The highest BCUT2D eigenvalue weighted by Gasteiger charge is 2.17. The van der Waals surface area contributed by atoms with Crippen LogP contribution in [0, 0.1) is 6.92 Å². The van der Waals surface area contributed by atoms with Crippen molar-refractivity contribution in [3.8, 4) is 5.75 Å². The van der Waals surface area contributed by atoms with Crippen molar-refractivity contribution in [2.75, 3.05) is 11.9 Å². The molecule has 2 aromatic rings. The van der Waals surface area contributed by atoms with E-state index in [-0.39, 0.29) is 10.6 Å². The molecule has 0 radical (unpaired) electrons. The number of nitrogens with zero attached hydrogens (tertiary/aromatic N) is 1. The van der Waals surface area contributed by atoms with E-state index in [0.29, 0.717) is 17.6 Å². The second-order valence-electron chi connectivity index (χ2n) is 4.97. The Hall–Kier alpha value is -1.86. The van der Waals surface area contributed by atoms with Gasteiger partial charge < -0.3 is 9.02 Å². The number of hydrogen-bond acceptors (Lipinski definition) is 5. The lowest BCUT2D eigenvalue weighted by Gasteiger charge is -2.09. The maximum Gasteiger partial charge on any atom is 0.339 e. The number of halogens is 1. The van der Waals surface area contributed by atoms with Crippen LogP contribution in [0.3, 0.4) is 0 Å². The monoisotopic (exact) mass is 411 g/mol. The standard InChI is InChI=1S/C17H18BrNO4S/c1-3-22-19-17(12-18)14-5-4-6-15(11-14)23-24(20,21)16-9-7-13(2)8-10-16/h4-11H,3,12H2,1-2H3/b19-17+. The van der Waals surface area contributed by atoms with Gasteiger partial charge in [0.25, 0.3) is 0 Å². The zero-order valence-corrected chi connectivity index (χ0v) is 15.8. The molecule has 0 fully saturated rings. The molecular formula is C17H18BrNO4S. The summed E-state index contributed by atoms with van der Waals surface area (Å²) in [4.78, 5) is 5.17. The van der Waals surface area contributed by atoms with E-state index >= 15 is 0 Å². The predicted octanol–water partition coefficient (Wildman–Crippen LogP) is 3.90. The predicted molar refractivity (Wildman–Crippen MR) is 97.4 cm³/mol. The fourth-order valence-electron chi connectivity index (χ4n) is 1.90. The van der Waals surface area contributed by atoms with Crippen LogP contribution >= 0.6 is 15.9 Å². The van der Waals surface area contributed by atoms with Gasteiger partial charge in [0.1, 0.15) is 17.3 Å². The highest BCUT2D eigenvalue weighted by molar-refractivity contribution is 9.09. The molecule has 0 heterocycles. The van der Waals surface area contributed by atoms with Crippen LogP contribution in [-0.2, 0) is 15.0 Å². The van der Waals surface area contributed by atoms with E-state index in [1.54, 1.807) is 30.3 Å². The Morgan fingerprint density at radius 1 is 1.17 bits per heavy atom. The van der Waals surface area contributed by atoms with Crippen molar-refractivity contribution in [2.24, 2.45) is 5.16 Å². The Kier molecular flexibility index (Phi) is 6.39. The molecule has 0 unspecified atom stereocenters. The Balaban J connectivity index is 2.27. The SMILES string of the molecule is CCO/N=C(\CBr)c1cccc(OS(=O)(=O)c2ccc(C)cc2)c1. The van der Waals surface area contributed by atoms with Gasteiger partial charge in [-0.2, -0.15) is 8.42 Å². The maximum atomic E-state index is 12.3. The summed E-state index contributed by atoms with van der Waals surface area (Å²) < 4.78 is 29.9. The number of hydrogen-bond donors (Lipinski definition) is 0. The Bertz CT molecular complexity index is 817. The smallest absolute Gasteiger partial charge is 0.339 e. The molecule has 2 aromatic carbocycles. The van der Waals surface area contributed by atoms with Gasteiger partial charge in [0.2, 0.25) is 0 Å². The molecule has 0 aliphatic rings. The van der Waals surface area contributed by atoms with Crippen LogP contribution in [0.15, 0.2) is 58.6 Å². The molecule has 0 N–H and O–H groups in total. The van der Waals surface area contributed by atoms with E-state index in [1.165, 1.54) is 12.1 Å². The van der Waals surface area contributed by atoms with Crippen LogP contribution in [0.25, 0.3) is 0 Å². The molecule has 0 saturated heterocycles. The average Bonchev–Trinajstić information content (AvgIpc) is 2.56. The second-order valence-corrected chi connectivity index (χ2v) is 7.07. The Labute approximate surface area is 150 Å². The van der Waals surface area contributed by atoms with Crippen molar-refractivity contribution >= 4 is 31.8 Å². The van der Waals surface area contributed by atoms with Gasteiger partial charge in [0.15, 0.2) is 0 Å². The summed E-state index contributed by atoms with van der Waals surface area (Å²) in [5, 5.41) is 4.47. The molecule has 0 saturated carbocycles. The first kappa shape index (κ1) is 18.5. The first-order valence-electron chi connectivity index (χ1n) is 7.32. The minimum Gasteiger partial charge on any atom is -0.396 e. The topological polar surface area (TPSA) is 65.0 Å². The second kappa shape index (κ2) is 8.30. The van der Waals surface area contributed by atoms with Crippen molar-refractivity contribution in [1.29, 1.82) is 0 Å². The molecule has 0 aliphatic heterocycles. The summed E-state index contributed by atoms with van der Waals surface area (Å²) in [6.07, 6.45) is 0. The first-order chi connectivity index (χ1) is 11.5. The third kappa shape index (κ3) is 4.82. The van der Waals surface area contributed by atoms with Crippen LogP contribution in [0.1, 0.15) is 18.1 Å². The molecule has 24 heavy (non-hydrogen) atoms. The molecule has 128 valence electrons. The molecule has 0 atom stereocenters. The highest BCUT2D eigenvalue weighted by atomic mass is 79.9. The molecule has 0 aromatic heterocycles. The molecule has 0 bridgehead atoms. The normalized spacial score (nSPS) is 12.0. The number of benzene rings is 2. The van der Waals surface area contributed by atoms with Crippen LogP contribution in [0.2, 0.25) is 0 Å². The van der Waals surface area contributed by atoms with Crippen LogP contribution in [0.5, 0.6) is 5.75 Å². The summed E-state index contributed by atoms with van der Waals surface area (Å²) in [6.45, 7) is 4.18. The maximum absolute atomic E-state index is 12.3. The van der Waals surface area contributed by atoms with Crippen molar-refractivity contribution in [3.63, 3.8) is 0 Å². The van der Waals surface area contributed by atoms with Gasteiger partial charge in [-0.3, -0.25) is 0 Å². The lowest BCUT2D eigenvalue weighted by atomic mass is 10.1. The van der Waals surface area contributed by atoms with Crippen molar-refractivity contribution < 1.29 is 17.4 Å². The fraction of sp³-hybridized carbons (Fsp3) is 0.235. The van der Waals surface area contributed by atoms with Gasteiger partial charge in [0, 0.05) is 10.9 Å². The Morgan fingerprint density at radius 3 is 2.50 bits per heavy atom. The molecule has 0 aliphatic carbocycles. The number of oxime groups is 1. The highest BCUT2D eigenvalue weighted by Crippen LogP contribution is 2.21. The third-order valence-electron chi connectivity index (χ3n) is 3.11. The van der Waals surface area contributed by atoms with Gasteiger partial charge in [-0.05, 0) is 38.1 Å². The lowest BCUT2D eigenvalue weighted by molar-refractivity contribution is 0.159. The molecule has 2 rings (SSSR count). The van der Waals surface area contributed by atoms with E-state index in [1.807, 2.05) is 19.9 Å². The number of rotatable bonds is 7. The van der Waals surface area contributed by atoms with E-state index < -0.39 is 10.1 Å². The van der Waals surface area contributed by atoms with Crippen LogP contribution < -0.4 is 4.18 Å². The largest absolute Gasteiger partial charge is 0.396 e. The molecule has 7 heteroatoms. The van der Waals surface area contributed by atoms with Gasteiger partial charge in [0.05, 0.1) is 5.71 Å². The van der Waals surface area contributed by atoms with Crippen molar-refractivity contribution in [2.45, 2.75) is 18.7 Å². The summed E-state index contributed by atoms with van der Waals surface area (Å²) >= 11 is 3.34. The third-order valence-corrected chi connectivity index (χ3v) is 4.91. The van der Waals surface area contributed by atoms with Crippen molar-refractivity contribution in [3.05, 3.63) is 59.7 Å². The quantitative estimate of drug-likeness (QED) is 0.300. The summed E-state index contributed by atoms with van der Waals surface area (Å²) in [5.74, 6) is 0.221. The van der Waals surface area contributed by atoms with Crippen LogP contribution in [-0.4, -0.2) is 26.1 Å². The molecule has 0 amide bonds. The van der Waals surface area contributed by atoms with Crippen molar-refractivity contribution in [1.82, 2.24) is 0 Å². The molecular weight excluding hydrogens is 394 g/mol. The van der Waals surface area contributed by atoms with Gasteiger partial charge in [-0.15, -0.1) is 0 Å². The summed E-state index contributed by atoms with van der Waals surface area (Å²) in [7, 11) is -3.88. The van der Waals surface area contributed by atoms with Gasteiger partial charge in [-0.25, -0.2) is 0 Å². The van der Waals surface area contributed by atoms with Gasteiger partial charge in [-0.1, -0.05) is 50.9 Å². The van der Waals surface area contributed by atoms with E-state index in [9.17, 15) is 8.42 Å². The first-order valence-corrected chi connectivity index (χ1v) is 9.85. The minimum atomic E-state index is -3.88. The van der Waals surface area contributed by atoms with E-state index in [2.05, 4.69) is 21.1 Å². The lowest BCUT2D eigenvalue weighted by Crippen LogP contribution is -2.10. The minimum absolute atomic E-state index is 0.113. The Morgan fingerprint density at radius 2 is 1.88 bits per heavy atom. The number of aryl methyl sites for hydroxylation is 1. The summed E-state index contributed by atoms with van der Waals surface area (Å²) in [6, 6.07) is 13.2. The van der Waals surface area contributed by atoms with Gasteiger partial charge >= 0.3 is 10.1 Å². The molecule has 5 nitrogen and oxygen atoms in total. The number of alkyl halides is 1. The fourth-order valence-corrected chi connectivity index (χ4v) is 3.25. The van der Waals surface area contributed by atoms with E-state index in [0.717, 1.165) is 11.1 Å². The zero-order chi connectivity index (χ0) is 17.6. The average molecular weight is 412 g/mol. The molecule has 0 spiro atoms. The van der Waals surface area contributed by atoms with E-state index in [4.69, 9.17) is 9.02 Å². The zero-order valence-electron chi connectivity index (χ0n) is 13.4. The van der Waals surface area contributed by atoms with Crippen LogP contribution in [0.4, 0.5) is 0 Å². The summed E-state index contributed by atoms with van der Waals surface area (Å²) in [5.41, 5.74) is 2.34.